The van der Waals surface area contributed by atoms with Gasteiger partial charge >= 0.3 is 0 Å². The molecule has 1 aliphatic rings. The first-order valence-electron chi connectivity index (χ1n) is 5.62. The molecule has 17 heavy (non-hydrogen) atoms. The minimum atomic E-state index is -1.50. The standard InChI is InChI=1S/C14H12Br2Si/c1-17(2)11-7-3-5-9(15)13(11)14-10(16)6-4-8-12(14)17/h3-8H,1-2H3. The molecule has 0 radical (unpaired) electrons. The van der Waals surface area contributed by atoms with Crippen LogP contribution in [0, 0.1) is 0 Å². The maximum Gasteiger partial charge on any atom is 0.113 e. The zero-order valence-corrected chi connectivity index (χ0v) is 13.9. The summed E-state index contributed by atoms with van der Waals surface area (Å²) in [6.07, 6.45) is 0. The van der Waals surface area contributed by atoms with Crippen LogP contribution in [0.4, 0.5) is 0 Å². The molecule has 0 aromatic heterocycles. The summed E-state index contributed by atoms with van der Waals surface area (Å²) in [6.45, 7) is 4.85. The largest absolute Gasteiger partial charge is 0.113 e. The van der Waals surface area contributed by atoms with Crippen molar-refractivity contribution in [2.75, 3.05) is 0 Å². The number of hydrogen-bond acceptors (Lipinski definition) is 0. The van der Waals surface area contributed by atoms with Gasteiger partial charge in [0.2, 0.25) is 0 Å². The highest BCUT2D eigenvalue weighted by molar-refractivity contribution is 9.11. The lowest BCUT2D eigenvalue weighted by molar-refractivity contribution is 1.63. The Balaban J connectivity index is 2.49. The van der Waals surface area contributed by atoms with Gasteiger partial charge in [0.15, 0.2) is 0 Å². The molecule has 0 spiro atoms. The molecule has 1 aliphatic heterocycles. The van der Waals surface area contributed by atoms with Gasteiger partial charge in [0.1, 0.15) is 8.07 Å². The lowest BCUT2D eigenvalue weighted by Gasteiger charge is -2.18. The first-order chi connectivity index (χ1) is 8.03. The Bertz CT molecular complexity index is 564. The molecule has 0 aliphatic carbocycles. The molecule has 0 fully saturated rings. The fourth-order valence-corrected chi connectivity index (χ4v) is 7.32. The van der Waals surface area contributed by atoms with Crippen molar-refractivity contribution in [3.63, 3.8) is 0 Å². The van der Waals surface area contributed by atoms with Crippen LogP contribution in [0.1, 0.15) is 0 Å². The molecule has 0 saturated heterocycles. The van der Waals surface area contributed by atoms with Crippen molar-refractivity contribution < 1.29 is 0 Å². The molecule has 0 N–H and O–H groups in total. The van der Waals surface area contributed by atoms with Crippen LogP contribution in [-0.2, 0) is 0 Å². The van der Waals surface area contributed by atoms with Gasteiger partial charge in [0.25, 0.3) is 0 Å². The topological polar surface area (TPSA) is 0 Å². The first kappa shape index (κ1) is 11.7. The number of rotatable bonds is 0. The van der Waals surface area contributed by atoms with E-state index < -0.39 is 8.07 Å². The molecule has 2 aromatic rings. The Morgan fingerprint density at radius 2 is 1.18 bits per heavy atom. The highest BCUT2D eigenvalue weighted by atomic mass is 79.9. The molecule has 0 amide bonds. The van der Waals surface area contributed by atoms with Crippen molar-refractivity contribution in [3.8, 4) is 11.1 Å². The Labute approximate surface area is 119 Å². The van der Waals surface area contributed by atoms with E-state index in [1.54, 1.807) is 0 Å². The molecule has 1 heterocycles. The molecule has 0 nitrogen and oxygen atoms in total. The first-order valence-corrected chi connectivity index (χ1v) is 10.2. The summed E-state index contributed by atoms with van der Waals surface area (Å²) in [5.74, 6) is 0. The van der Waals surface area contributed by atoms with Gasteiger partial charge in [0.05, 0.1) is 0 Å². The molecular weight excluding hydrogens is 356 g/mol. The van der Waals surface area contributed by atoms with Crippen LogP contribution in [0.25, 0.3) is 11.1 Å². The van der Waals surface area contributed by atoms with Gasteiger partial charge in [0, 0.05) is 8.95 Å². The van der Waals surface area contributed by atoms with E-state index in [-0.39, 0.29) is 0 Å². The van der Waals surface area contributed by atoms with Crippen molar-refractivity contribution in [2.24, 2.45) is 0 Å². The van der Waals surface area contributed by atoms with E-state index in [1.165, 1.54) is 30.4 Å². The fraction of sp³-hybridized carbons (Fsp3) is 0.143. The van der Waals surface area contributed by atoms with Crippen LogP contribution in [-0.4, -0.2) is 8.07 Å². The van der Waals surface area contributed by atoms with Crippen molar-refractivity contribution >= 4 is 50.3 Å². The SMILES string of the molecule is C[Si]1(C)c2cccc(Br)c2-c2c(Br)cccc21. The van der Waals surface area contributed by atoms with E-state index in [4.69, 9.17) is 0 Å². The third-order valence-electron chi connectivity index (χ3n) is 3.62. The smallest absolute Gasteiger partial charge is 0.0619 e. The van der Waals surface area contributed by atoms with Crippen molar-refractivity contribution in [3.05, 3.63) is 45.3 Å². The quantitative estimate of drug-likeness (QED) is 0.617. The fourth-order valence-electron chi connectivity index (χ4n) is 2.74. The summed E-state index contributed by atoms with van der Waals surface area (Å²) < 4.78 is 2.42. The van der Waals surface area contributed by atoms with Gasteiger partial charge in [-0.1, -0.05) is 69.2 Å². The highest BCUT2D eigenvalue weighted by Crippen LogP contribution is 2.37. The van der Waals surface area contributed by atoms with E-state index in [9.17, 15) is 0 Å². The van der Waals surface area contributed by atoms with E-state index in [2.05, 4.69) is 81.4 Å². The Hall–Kier alpha value is -0.383. The highest BCUT2D eigenvalue weighted by Gasteiger charge is 2.38. The van der Waals surface area contributed by atoms with Crippen LogP contribution >= 0.6 is 31.9 Å². The van der Waals surface area contributed by atoms with Gasteiger partial charge in [-0.2, -0.15) is 0 Å². The molecule has 0 bridgehead atoms. The van der Waals surface area contributed by atoms with Crippen molar-refractivity contribution in [1.29, 1.82) is 0 Å². The third-order valence-corrected chi connectivity index (χ3v) is 8.47. The maximum atomic E-state index is 3.70. The summed E-state index contributed by atoms with van der Waals surface area (Å²) in [5, 5.41) is 3.07. The normalized spacial score (nSPS) is 15.5. The second-order valence-electron chi connectivity index (χ2n) is 4.95. The predicted molar refractivity (Wildman–Crippen MR) is 84.0 cm³/mol. The Morgan fingerprint density at radius 1 is 0.765 bits per heavy atom. The van der Waals surface area contributed by atoms with Crippen LogP contribution < -0.4 is 10.4 Å². The molecule has 3 heteroatoms. The average Bonchev–Trinajstić information content (AvgIpc) is 2.52. The molecule has 0 unspecified atom stereocenters. The van der Waals surface area contributed by atoms with Crippen molar-refractivity contribution in [2.45, 2.75) is 13.1 Å². The average molecular weight is 368 g/mol. The molecule has 3 rings (SSSR count). The van der Waals surface area contributed by atoms with Crippen LogP contribution in [0.3, 0.4) is 0 Å². The lowest BCUT2D eigenvalue weighted by atomic mass is 10.1. The second kappa shape index (κ2) is 3.80. The molecule has 86 valence electrons. The Kier molecular flexibility index (Phi) is 2.62. The lowest BCUT2D eigenvalue weighted by Crippen LogP contribution is -2.49. The summed E-state index contributed by atoms with van der Waals surface area (Å²) in [4.78, 5) is 0. The Morgan fingerprint density at radius 3 is 1.59 bits per heavy atom. The van der Waals surface area contributed by atoms with Crippen LogP contribution in [0.2, 0.25) is 13.1 Å². The minimum Gasteiger partial charge on any atom is -0.0619 e. The summed E-state index contributed by atoms with van der Waals surface area (Å²) in [7, 11) is -1.50. The second-order valence-corrected chi connectivity index (χ2v) is 11.0. The number of fused-ring (bicyclic) bond motifs is 3. The summed E-state index contributed by atoms with van der Waals surface area (Å²) in [5.41, 5.74) is 2.79. The monoisotopic (exact) mass is 366 g/mol. The van der Waals surface area contributed by atoms with E-state index in [1.807, 2.05) is 0 Å². The molecule has 0 atom stereocenters. The molecular formula is C14H12Br2Si. The maximum absolute atomic E-state index is 3.70. The van der Waals surface area contributed by atoms with Crippen molar-refractivity contribution in [1.82, 2.24) is 0 Å². The van der Waals surface area contributed by atoms with Crippen LogP contribution in [0.5, 0.6) is 0 Å². The summed E-state index contributed by atoms with van der Waals surface area (Å²) in [6, 6.07) is 13.2. The van der Waals surface area contributed by atoms with Gasteiger partial charge in [-0.3, -0.25) is 0 Å². The summed E-state index contributed by atoms with van der Waals surface area (Å²) >= 11 is 7.41. The van der Waals surface area contributed by atoms with Gasteiger partial charge in [-0.05, 0) is 33.6 Å². The molecule has 2 aromatic carbocycles. The van der Waals surface area contributed by atoms with Gasteiger partial charge in [-0.15, -0.1) is 0 Å². The zero-order chi connectivity index (χ0) is 12.2. The number of halogens is 2. The zero-order valence-electron chi connectivity index (χ0n) is 9.72. The number of hydrogen-bond donors (Lipinski definition) is 0. The van der Waals surface area contributed by atoms with E-state index >= 15 is 0 Å². The third kappa shape index (κ3) is 1.52. The van der Waals surface area contributed by atoms with Gasteiger partial charge < -0.3 is 0 Å². The number of benzene rings is 2. The van der Waals surface area contributed by atoms with Crippen LogP contribution in [0.15, 0.2) is 45.3 Å². The van der Waals surface area contributed by atoms with E-state index in [0.717, 1.165) is 0 Å². The minimum absolute atomic E-state index is 1.21. The molecule has 0 saturated carbocycles. The van der Waals surface area contributed by atoms with E-state index in [0.29, 0.717) is 0 Å². The predicted octanol–water partition coefficient (Wildman–Crippen LogP) is 4.01. The van der Waals surface area contributed by atoms with Gasteiger partial charge in [-0.25, -0.2) is 0 Å².